The third-order valence-electron chi connectivity index (χ3n) is 5.07. The first-order chi connectivity index (χ1) is 13.0. The van der Waals surface area contributed by atoms with E-state index in [1.807, 2.05) is 13.8 Å². The summed E-state index contributed by atoms with van der Waals surface area (Å²) in [4.78, 5) is 38.7. The number of hydrogen-bond donors (Lipinski definition) is 1. The van der Waals surface area contributed by atoms with E-state index in [9.17, 15) is 14.4 Å². The number of fused-ring (bicyclic) bond motifs is 1. The molecule has 7 heteroatoms. The van der Waals surface area contributed by atoms with Gasteiger partial charge in [0.15, 0.2) is 0 Å². The summed E-state index contributed by atoms with van der Waals surface area (Å²) in [7, 11) is 0. The summed E-state index contributed by atoms with van der Waals surface area (Å²) in [5.74, 6) is -0.234. The molecule has 1 N–H and O–H groups in total. The quantitative estimate of drug-likeness (QED) is 0.742. The molecule has 2 aliphatic rings. The summed E-state index contributed by atoms with van der Waals surface area (Å²) in [5.41, 5.74) is 0.462. The Bertz CT molecular complexity index is 709. The minimum absolute atomic E-state index is 0.215. The number of anilines is 1. The number of ether oxygens (including phenoxy) is 2. The lowest BCUT2D eigenvalue weighted by molar-refractivity contribution is -0.142. The number of benzene rings is 1. The van der Waals surface area contributed by atoms with Crippen LogP contribution in [0.15, 0.2) is 18.2 Å². The lowest BCUT2D eigenvalue weighted by Crippen LogP contribution is -2.38. The molecule has 3 amide bonds. The summed E-state index contributed by atoms with van der Waals surface area (Å²) in [5, 5.41) is 2.75. The van der Waals surface area contributed by atoms with Crippen molar-refractivity contribution in [2.75, 3.05) is 25.1 Å². The van der Waals surface area contributed by atoms with Crippen molar-refractivity contribution < 1.29 is 23.9 Å². The number of imide groups is 1. The Kier molecular flexibility index (Phi) is 5.98. The van der Waals surface area contributed by atoms with Gasteiger partial charge in [-0.05, 0) is 38.8 Å². The molecule has 1 saturated heterocycles. The van der Waals surface area contributed by atoms with Crippen molar-refractivity contribution in [3.63, 3.8) is 0 Å². The van der Waals surface area contributed by atoms with Crippen molar-refractivity contribution in [3.05, 3.63) is 18.2 Å². The van der Waals surface area contributed by atoms with Crippen LogP contribution in [0, 0.1) is 11.8 Å². The van der Waals surface area contributed by atoms with E-state index in [1.165, 1.54) is 0 Å². The van der Waals surface area contributed by atoms with Crippen molar-refractivity contribution in [1.29, 1.82) is 0 Å². The molecular formula is C20H26N2O5. The first-order valence-corrected chi connectivity index (χ1v) is 9.59. The molecule has 0 aromatic heterocycles. The van der Waals surface area contributed by atoms with Crippen molar-refractivity contribution in [3.8, 4) is 11.5 Å². The zero-order chi connectivity index (χ0) is 19.4. The second kappa shape index (κ2) is 8.41. The van der Waals surface area contributed by atoms with Gasteiger partial charge in [-0.3, -0.25) is 19.3 Å². The Morgan fingerprint density at radius 1 is 1.07 bits per heavy atom. The van der Waals surface area contributed by atoms with E-state index in [0.717, 1.165) is 30.6 Å². The van der Waals surface area contributed by atoms with Gasteiger partial charge in [0.1, 0.15) is 18.0 Å². The highest BCUT2D eigenvalue weighted by atomic mass is 16.5. The normalized spacial score (nSPS) is 21.8. The number of nitrogens with one attached hydrogen (secondary N) is 1. The molecule has 7 nitrogen and oxygen atoms in total. The molecule has 0 spiro atoms. The minimum atomic E-state index is -0.426. The van der Waals surface area contributed by atoms with Crippen LogP contribution in [0.5, 0.6) is 11.5 Å². The molecule has 2 atom stereocenters. The van der Waals surface area contributed by atoms with E-state index in [0.29, 0.717) is 30.4 Å². The Labute approximate surface area is 159 Å². The van der Waals surface area contributed by atoms with Gasteiger partial charge in [-0.25, -0.2) is 0 Å². The van der Waals surface area contributed by atoms with Crippen LogP contribution in [-0.2, 0) is 14.4 Å². The highest BCUT2D eigenvalue weighted by Gasteiger charge is 2.48. The Hall–Kier alpha value is -2.57. The van der Waals surface area contributed by atoms with Crippen molar-refractivity contribution in [1.82, 2.24) is 4.90 Å². The fourth-order valence-electron chi connectivity index (χ4n) is 3.86. The van der Waals surface area contributed by atoms with Crippen molar-refractivity contribution in [2.24, 2.45) is 11.8 Å². The second-order valence-electron chi connectivity index (χ2n) is 6.83. The van der Waals surface area contributed by atoms with Crippen LogP contribution < -0.4 is 14.8 Å². The zero-order valence-electron chi connectivity index (χ0n) is 15.8. The first-order valence-electron chi connectivity index (χ1n) is 9.59. The van der Waals surface area contributed by atoms with Crippen LogP contribution >= 0.6 is 0 Å². The van der Waals surface area contributed by atoms with Gasteiger partial charge in [0.25, 0.3) is 0 Å². The summed E-state index contributed by atoms with van der Waals surface area (Å²) in [6.07, 6.45) is 3.39. The third kappa shape index (κ3) is 4.07. The van der Waals surface area contributed by atoms with E-state index in [4.69, 9.17) is 9.47 Å². The minimum Gasteiger partial charge on any atom is -0.494 e. The van der Waals surface area contributed by atoms with Crippen LogP contribution in [-0.4, -0.2) is 42.4 Å². The second-order valence-corrected chi connectivity index (χ2v) is 6.83. The largest absolute Gasteiger partial charge is 0.494 e. The maximum absolute atomic E-state index is 12.5. The predicted octanol–water partition coefficient (Wildman–Crippen LogP) is 2.60. The molecular weight excluding hydrogens is 348 g/mol. The summed E-state index contributed by atoms with van der Waals surface area (Å²) in [6.45, 7) is 4.41. The number of likely N-dealkylation sites (tertiary alicyclic amines) is 1. The van der Waals surface area contributed by atoms with Crippen LogP contribution in [0.25, 0.3) is 0 Å². The number of rotatable bonds is 7. The van der Waals surface area contributed by atoms with Crippen LogP contribution in [0.2, 0.25) is 0 Å². The maximum atomic E-state index is 12.5. The van der Waals surface area contributed by atoms with Crippen LogP contribution in [0.4, 0.5) is 5.69 Å². The number of hydrogen-bond acceptors (Lipinski definition) is 5. The Morgan fingerprint density at radius 2 is 1.70 bits per heavy atom. The number of nitrogens with zero attached hydrogens (tertiary/aromatic N) is 1. The van der Waals surface area contributed by atoms with Gasteiger partial charge in [-0.1, -0.05) is 12.8 Å². The molecule has 1 heterocycles. The first kappa shape index (κ1) is 19.2. The number of amides is 3. The Balaban J connectivity index is 1.71. The number of carbonyl (C=O) groups is 3. The molecule has 1 saturated carbocycles. The summed E-state index contributed by atoms with van der Waals surface area (Å²) < 4.78 is 11.0. The topological polar surface area (TPSA) is 84.9 Å². The van der Waals surface area contributed by atoms with Crippen molar-refractivity contribution >= 4 is 23.4 Å². The van der Waals surface area contributed by atoms with Gasteiger partial charge in [0.2, 0.25) is 17.7 Å². The summed E-state index contributed by atoms with van der Waals surface area (Å²) >= 11 is 0. The van der Waals surface area contributed by atoms with Gasteiger partial charge in [0.05, 0.1) is 30.7 Å². The lowest BCUT2D eigenvalue weighted by atomic mass is 9.81. The lowest BCUT2D eigenvalue weighted by Gasteiger charge is -2.19. The van der Waals surface area contributed by atoms with Crippen LogP contribution in [0.1, 0.15) is 39.5 Å². The van der Waals surface area contributed by atoms with Crippen molar-refractivity contribution in [2.45, 2.75) is 39.5 Å². The molecule has 3 rings (SSSR count). The molecule has 2 fully saturated rings. The highest BCUT2D eigenvalue weighted by molar-refractivity contribution is 6.08. The maximum Gasteiger partial charge on any atom is 0.244 e. The standard InChI is InChI=1S/C20H26N2O5/c1-3-26-13-9-10-17(27-4-2)16(11-13)21-18(23)12-22-19(24)14-7-5-6-8-15(14)20(22)25/h9-11,14-15H,3-8,12H2,1-2H3,(H,21,23)/t14-,15+. The van der Waals surface area contributed by atoms with Gasteiger partial charge >= 0.3 is 0 Å². The molecule has 146 valence electrons. The van der Waals surface area contributed by atoms with E-state index >= 15 is 0 Å². The molecule has 1 aromatic rings. The van der Waals surface area contributed by atoms with Gasteiger partial charge in [-0.15, -0.1) is 0 Å². The average molecular weight is 374 g/mol. The zero-order valence-corrected chi connectivity index (χ0v) is 15.8. The molecule has 27 heavy (non-hydrogen) atoms. The van der Waals surface area contributed by atoms with Gasteiger partial charge in [-0.2, -0.15) is 0 Å². The molecule has 0 bridgehead atoms. The van der Waals surface area contributed by atoms with E-state index in [1.54, 1.807) is 18.2 Å². The van der Waals surface area contributed by atoms with Gasteiger partial charge < -0.3 is 14.8 Å². The molecule has 1 aliphatic heterocycles. The van der Waals surface area contributed by atoms with E-state index in [-0.39, 0.29) is 30.2 Å². The fraction of sp³-hybridized carbons (Fsp3) is 0.550. The SMILES string of the molecule is CCOc1ccc(OCC)c(NC(=O)CN2C(=O)[C@H]3CCCC[C@H]3C2=O)c1. The smallest absolute Gasteiger partial charge is 0.244 e. The number of carbonyl (C=O) groups excluding carboxylic acids is 3. The molecule has 0 radical (unpaired) electrons. The van der Waals surface area contributed by atoms with E-state index < -0.39 is 5.91 Å². The Morgan fingerprint density at radius 3 is 2.30 bits per heavy atom. The van der Waals surface area contributed by atoms with Gasteiger partial charge in [0, 0.05) is 6.07 Å². The highest BCUT2D eigenvalue weighted by Crippen LogP contribution is 2.38. The van der Waals surface area contributed by atoms with E-state index in [2.05, 4.69) is 5.32 Å². The monoisotopic (exact) mass is 374 g/mol. The predicted molar refractivity (Wildman–Crippen MR) is 99.6 cm³/mol. The fourth-order valence-corrected chi connectivity index (χ4v) is 3.86. The van der Waals surface area contributed by atoms with Crippen LogP contribution in [0.3, 0.4) is 0 Å². The molecule has 1 aliphatic carbocycles. The third-order valence-corrected chi connectivity index (χ3v) is 5.07. The summed E-state index contributed by atoms with van der Waals surface area (Å²) in [6, 6.07) is 5.17. The molecule has 0 unspecified atom stereocenters. The average Bonchev–Trinajstić information content (AvgIpc) is 2.89. The molecule has 1 aromatic carbocycles.